The Hall–Kier alpha value is -1.69. The van der Waals surface area contributed by atoms with E-state index in [0.29, 0.717) is 5.56 Å². The van der Waals surface area contributed by atoms with Crippen LogP contribution in [-0.4, -0.2) is 30.8 Å². The predicted molar refractivity (Wildman–Crippen MR) is 63.3 cm³/mol. The Balaban J connectivity index is 2.50. The fraction of sp³-hybridized carbons (Fsp3) is 0.417. The molecule has 4 nitrogen and oxygen atoms in total. The van der Waals surface area contributed by atoms with Crippen LogP contribution in [0.1, 0.15) is 18.4 Å². The number of carbonyl (C=O) groups excluding carboxylic acids is 1. The molecule has 6 heteroatoms. The first-order valence-corrected chi connectivity index (χ1v) is 5.62. The molecule has 0 radical (unpaired) electrons. The Morgan fingerprint density at radius 2 is 2.11 bits per heavy atom. The lowest BCUT2D eigenvalue weighted by molar-refractivity contribution is 0.233. The summed E-state index contributed by atoms with van der Waals surface area (Å²) < 4.78 is 26.1. The third kappa shape index (κ3) is 4.29. The molecule has 0 fully saturated rings. The number of aliphatic hydroxyl groups excluding tert-OH is 1. The van der Waals surface area contributed by atoms with Crippen molar-refractivity contribution in [2.24, 2.45) is 0 Å². The van der Waals surface area contributed by atoms with Crippen LogP contribution >= 0.6 is 0 Å². The molecular weight excluding hydrogens is 242 g/mol. The quantitative estimate of drug-likeness (QED) is 0.746. The van der Waals surface area contributed by atoms with Crippen molar-refractivity contribution in [1.29, 1.82) is 0 Å². The van der Waals surface area contributed by atoms with Gasteiger partial charge in [-0.15, -0.1) is 0 Å². The molecule has 0 saturated heterocycles. The van der Waals surface area contributed by atoms with Crippen LogP contribution in [0.4, 0.5) is 13.6 Å². The van der Waals surface area contributed by atoms with Crippen molar-refractivity contribution in [3.63, 3.8) is 0 Å². The summed E-state index contributed by atoms with van der Waals surface area (Å²) in [6, 6.07) is 2.93. The fourth-order valence-electron chi connectivity index (χ4n) is 1.49. The van der Waals surface area contributed by atoms with Crippen molar-refractivity contribution in [2.75, 3.05) is 19.7 Å². The van der Waals surface area contributed by atoms with Crippen molar-refractivity contribution in [3.8, 4) is 0 Å². The van der Waals surface area contributed by atoms with Crippen molar-refractivity contribution in [3.05, 3.63) is 35.4 Å². The number of carbonyl (C=O) groups is 1. The minimum Gasteiger partial charge on any atom is -0.395 e. The Morgan fingerprint density at radius 3 is 2.72 bits per heavy atom. The summed E-state index contributed by atoms with van der Waals surface area (Å²) in [5.74, 6) is -1.53. The van der Waals surface area contributed by atoms with E-state index >= 15 is 0 Å². The second kappa shape index (κ2) is 6.90. The minimum atomic E-state index is -0.628. The highest BCUT2D eigenvalue weighted by Crippen LogP contribution is 2.18. The number of aliphatic hydroxyl groups is 1. The lowest BCUT2D eigenvalue weighted by Gasteiger charge is -2.14. The van der Waals surface area contributed by atoms with Crippen LogP contribution in [-0.2, 0) is 0 Å². The van der Waals surface area contributed by atoms with Gasteiger partial charge in [0.25, 0.3) is 0 Å². The van der Waals surface area contributed by atoms with Gasteiger partial charge in [-0.3, -0.25) is 0 Å². The van der Waals surface area contributed by atoms with E-state index in [9.17, 15) is 13.6 Å². The monoisotopic (exact) mass is 258 g/mol. The summed E-state index contributed by atoms with van der Waals surface area (Å²) in [6.45, 7) is 1.96. The number of halogens is 2. The van der Waals surface area contributed by atoms with Crippen LogP contribution in [0.25, 0.3) is 0 Å². The number of nitrogens with one attached hydrogen (secondary N) is 2. The molecule has 0 heterocycles. The third-order valence-electron chi connectivity index (χ3n) is 2.46. The Kier molecular flexibility index (Phi) is 5.51. The molecule has 0 aromatic heterocycles. The first-order chi connectivity index (χ1) is 8.54. The lowest BCUT2D eigenvalue weighted by Crippen LogP contribution is -2.38. The van der Waals surface area contributed by atoms with E-state index in [1.165, 1.54) is 12.1 Å². The van der Waals surface area contributed by atoms with E-state index in [-0.39, 0.29) is 25.6 Å². The lowest BCUT2D eigenvalue weighted by atomic mass is 10.0. The smallest absolute Gasteiger partial charge is 0.314 e. The van der Waals surface area contributed by atoms with E-state index < -0.39 is 17.7 Å². The van der Waals surface area contributed by atoms with Gasteiger partial charge in [0.05, 0.1) is 6.61 Å². The number of urea groups is 1. The maximum Gasteiger partial charge on any atom is 0.314 e. The van der Waals surface area contributed by atoms with Crippen molar-refractivity contribution < 1.29 is 18.7 Å². The Bertz CT molecular complexity index is 413. The fourth-order valence-corrected chi connectivity index (χ4v) is 1.49. The van der Waals surface area contributed by atoms with Crippen LogP contribution in [0, 0.1) is 11.6 Å². The Labute approximate surface area is 104 Å². The van der Waals surface area contributed by atoms with Gasteiger partial charge in [0, 0.05) is 25.1 Å². The molecule has 1 aromatic rings. The number of hydrogen-bond acceptors (Lipinski definition) is 2. The standard InChI is InChI=1S/C12H16F2N2O2/c1-8(7-16-12(18)15-4-5-17)10-3-2-9(13)6-11(10)14/h2-3,6,8,17H,4-5,7H2,1H3,(H2,15,16,18). The van der Waals surface area contributed by atoms with Gasteiger partial charge in [-0.05, 0) is 11.6 Å². The highest BCUT2D eigenvalue weighted by molar-refractivity contribution is 5.73. The summed E-state index contributed by atoms with van der Waals surface area (Å²) in [7, 11) is 0. The maximum atomic E-state index is 13.4. The largest absolute Gasteiger partial charge is 0.395 e. The van der Waals surface area contributed by atoms with Gasteiger partial charge < -0.3 is 15.7 Å². The van der Waals surface area contributed by atoms with E-state index in [1.54, 1.807) is 6.92 Å². The molecule has 1 rings (SSSR count). The molecule has 1 aromatic carbocycles. The molecule has 0 aliphatic heterocycles. The first-order valence-electron chi connectivity index (χ1n) is 5.62. The van der Waals surface area contributed by atoms with E-state index in [2.05, 4.69) is 10.6 Å². The van der Waals surface area contributed by atoms with Gasteiger partial charge in [-0.2, -0.15) is 0 Å². The zero-order chi connectivity index (χ0) is 13.5. The summed E-state index contributed by atoms with van der Waals surface area (Å²) >= 11 is 0. The van der Waals surface area contributed by atoms with Gasteiger partial charge >= 0.3 is 6.03 Å². The molecule has 100 valence electrons. The Morgan fingerprint density at radius 1 is 1.39 bits per heavy atom. The molecule has 2 amide bonds. The van der Waals surface area contributed by atoms with E-state index in [0.717, 1.165) is 6.07 Å². The predicted octanol–water partition coefficient (Wildman–Crippen LogP) is 1.36. The molecule has 3 N–H and O–H groups in total. The highest BCUT2D eigenvalue weighted by atomic mass is 19.1. The SMILES string of the molecule is CC(CNC(=O)NCCO)c1ccc(F)cc1F. The maximum absolute atomic E-state index is 13.4. The molecule has 1 atom stereocenters. The number of amides is 2. The molecule has 0 spiro atoms. The second-order valence-electron chi connectivity index (χ2n) is 3.93. The number of benzene rings is 1. The van der Waals surface area contributed by atoms with Crippen molar-refractivity contribution in [1.82, 2.24) is 10.6 Å². The highest BCUT2D eigenvalue weighted by Gasteiger charge is 2.12. The molecule has 1 unspecified atom stereocenters. The van der Waals surface area contributed by atoms with Gasteiger partial charge in [-0.1, -0.05) is 13.0 Å². The molecule has 0 saturated carbocycles. The van der Waals surface area contributed by atoms with Gasteiger partial charge in [0.2, 0.25) is 0 Å². The van der Waals surface area contributed by atoms with E-state index in [1.807, 2.05) is 0 Å². The zero-order valence-electron chi connectivity index (χ0n) is 10.0. The zero-order valence-corrected chi connectivity index (χ0v) is 10.0. The van der Waals surface area contributed by atoms with Crippen LogP contribution in [0.5, 0.6) is 0 Å². The van der Waals surface area contributed by atoms with Crippen molar-refractivity contribution >= 4 is 6.03 Å². The molecule has 18 heavy (non-hydrogen) atoms. The molecular formula is C12H16F2N2O2. The van der Waals surface area contributed by atoms with Crippen LogP contribution in [0.3, 0.4) is 0 Å². The normalized spacial score (nSPS) is 12.0. The van der Waals surface area contributed by atoms with Crippen LogP contribution in [0.15, 0.2) is 18.2 Å². The molecule has 0 aliphatic carbocycles. The number of hydrogen-bond donors (Lipinski definition) is 3. The second-order valence-corrected chi connectivity index (χ2v) is 3.93. The average Bonchev–Trinajstić information content (AvgIpc) is 2.33. The van der Waals surface area contributed by atoms with Gasteiger partial charge in [0.1, 0.15) is 11.6 Å². The van der Waals surface area contributed by atoms with Crippen molar-refractivity contribution in [2.45, 2.75) is 12.8 Å². The summed E-state index contributed by atoms with van der Waals surface area (Å²) in [4.78, 5) is 11.2. The third-order valence-corrected chi connectivity index (χ3v) is 2.46. The minimum absolute atomic E-state index is 0.143. The van der Waals surface area contributed by atoms with Crippen LogP contribution < -0.4 is 10.6 Å². The van der Waals surface area contributed by atoms with Crippen LogP contribution in [0.2, 0.25) is 0 Å². The summed E-state index contributed by atoms with van der Waals surface area (Å²) in [6.07, 6.45) is 0. The summed E-state index contributed by atoms with van der Waals surface area (Å²) in [5.41, 5.74) is 0.346. The molecule has 0 bridgehead atoms. The topological polar surface area (TPSA) is 61.4 Å². The first kappa shape index (κ1) is 14.4. The van der Waals surface area contributed by atoms with Gasteiger partial charge in [0.15, 0.2) is 0 Å². The van der Waals surface area contributed by atoms with E-state index in [4.69, 9.17) is 5.11 Å². The number of rotatable bonds is 5. The summed E-state index contributed by atoms with van der Waals surface area (Å²) in [5, 5.41) is 13.5. The average molecular weight is 258 g/mol. The molecule has 0 aliphatic rings. The van der Waals surface area contributed by atoms with Gasteiger partial charge in [-0.25, -0.2) is 13.6 Å².